The standard InChI is InChI=1S/C17H20N2O2/c1-17(2)9-8-12-6-4-5-7-13(12)15(17)19-11-18-10-14(19)16(20)21-3/h4-7,10-11,15H,8-9H2,1-3H3. The molecule has 0 aliphatic heterocycles. The smallest absolute Gasteiger partial charge is 0.356 e. The maximum atomic E-state index is 12.0. The highest BCUT2D eigenvalue weighted by atomic mass is 16.5. The van der Waals surface area contributed by atoms with Crippen molar-refractivity contribution in [1.82, 2.24) is 9.55 Å². The fourth-order valence-electron chi connectivity index (χ4n) is 3.34. The van der Waals surface area contributed by atoms with Gasteiger partial charge in [-0.15, -0.1) is 0 Å². The zero-order chi connectivity index (χ0) is 15.0. The molecule has 0 saturated carbocycles. The molecule has 1 aromatic heterocycles. The molecule has 1 aliphatic rings. The molecule has 4 heteroatoms. The minimum absolute atomic E-state index is 0.0534. The molecule has 3 rings (SSSR count). The van der Waals surface area contributed by atoms with Gasteiger partial charge in [0, 0.05) is 0 Å². The van der Waals surface area contributed by atoms with Gasteiger partial charge in [-0.1, -0.05) is 38.1 Å². The average Bonchev–Trinajstić information content (AvgIpc) is 2.94. The van der Waals surface area contributed by atoms with E-state index in [9.17, 15) is 4.79 Å². The molecule has 21 heavy (non-hydrogen) atoms. The summed E-state index contributed by atoms with van der Waals surface area (Å²) in [6, 6.07) is 8.55. The summed E-state index contributed by atoms with van der Waals surface area (Å²) in [6.07, 6.45) is 5.47. The number of methoxy groups -OCH3 is 1. The number of esters is 1. The normalized spacial score (nSPS) is 19.9. The third-order valence-corrected chi connectivity index (χ3v) is 4.47. The number of nitrogens with zero attached hydrogens (tertiary/aromatic N) is 2. The number of hydrogen-bond donors (Lipinski definition) is 0. The molecule has 0 bridgehead atoms. The van der Waals surface area contributed by atoms with Crippen LogP contribution in [0.2, 0.25) is 0 Å². The lowest BCUT2D eigenvalue weighted by Crippen LogP contribution is -2.34. The summed E-state index contributed by atoms with van der Waals surface area (Å²) in [7, 11) is 1.40. The number of imidazole rings is 1. The minimum Gasteiger partial charge on any atom is -0.464 e. The number of aryl methyl sites for hydroxylation is 1. The van der Waals surface area contributed by atoms with Crippen molar-refractivity contribution in [2.24, 2.45) is 5.41 Å². The number of benzene rings is 1. The second-order valence-electron chi connectivity index (χ2n) is 6.27. The van der Waals surface area contributed by atoms with Gasteiger partial charge in [0.1, 0.15) is 5.69 Å². The van der Waals surface area contributed by atoms with Crippen LogP contribution in [0.4, 0.5) is 0 Å². The Bertz CT molecular complexity index is 673. The average molecular weight is 284 g/mol. The number of carbonyl (C=O) groups is 1. The minimum atomic E-state index is -0.341. The lowest BCUT2D eigenvalue weighted by molar-refractivity contribution is 0.0581. The Hall–Kier alpha value is -2.10. The topological polar surface area (TPSA) is 44.1 Å². The van der Waals surface area contributed by atoms with Gasteiger partial charge in [0.25, 0.3) is 0 Å². The van der Waals surface area contributed by atoms with E-state index in [2.05, 4.69) is 43.1 Å². The first kappa shape index (κ1) is 13.9. The van der Waals surface area contributed by atoms with Gasteiger partial charge >= 0.3 is 5.97 Å². The number of rotatable bonds is 2. The van der Waals surface area contributed by atoms with E-state index < -0.39 is 0 Å². The second kappa shape index (κ2) is 5.02. The van der Waals surface area contributed by atoms with Crippen molar-refractivity contribution in [2.75, 3.05) is 7.11 Å². The lowest BCUT2D eigenvalue weighted by Gasteiger charge is -2.41. The monoisotopic (exact) mass is 284 g/mol. The summed E-state index contributed by atoms with van der Waals surface area (Å²) in [4.78, 5) is 16.1. The van der Waals surface area contributed by atoms with Gasteiger partial charge in [-0.2, -0.15) is 0 Å². The highest BCUT2D eigenvalue weighted by Crippen LogP contribution is 2.46. The number of ether oxygens (including phenoxy) is 1. The second-order valence-corrected chi connectivity index (χ2v) is 6.27. The fourth-order valence-corrected chi connectivity index (χ4v) is 3.34. The molecule has 0 fully saturated rings. The van der Waals surface area contributed by atoms with Crippen molar-refractivity contribution in [3.63, 3.8) is 0 Å². The zero-order valence-electron chi connectivity index (χ0n) is 12.7. The Morgan fingerprint density at radius 1 is 1.38 bits per heavy atom. The summed E-state index contributed by atoms with van der Waals surface area (Å²) >= 11 is 0. The Morgan fingerprint density at radius 3 is 2.90 bits per heavy atom. The van der Waals surface area contributed by atoms with Crippen LogP contribution in [-0.4, -0.2) is 22.6 Å². The Morgan fingerprint density at radius 2 is 2.14 bits per heavy atom. The molecule has 1 aromatic carbocycles. The molecule has 2 aromatic rings. The predicted molar refractivity (Wildman–Crippen MR) is 80.2 cm³/mol. The highest BCUT2D eigenvalue weighted by Gasteiger charge is 2.38. The molecule has 1 heterocycles. The van der Waals surface area contributed by atoms with E-state index in [1.807, 2.05) is 4.57 Å². The zero-order valence-corrected chi connectivity index (χ0v) is 12.7. The van der Waals surface area contributed by atoms with Crippen molar-refractivity contribution in [2.45, 2.75) is 32.7 Å². The first-order valence-electron chi connectivity index (χ1n) is 7.22. The molecular weight excluding hydrogens is 264 g/mol. The first-order valence-corrected chi connectivity index (χ1v) is 7.22. The molecule has 110 valence electrons. The van der Waals surface area contributed by atoms with Gasteiger partial charge in [-0.3, -0.25) is 0 Å². The van der Waals surface area contributed by atoms with E-state index in [4.69, 9.17) is 4.74 Å². The van der Waals surface area contributed by atoms with E-state index >= 15 is 0 Å². The molecule has 1 atom stereocenters. The van der Waals surface area contributed by atoms with Crippen LogP contribution < -0.4 is 0 Å². The van der Waals surface area contributed by atoms with Crippen LogP contribution >= 0.6 is 0 Å². The van der Waals surface area contributed by atoms with Gasteiger partial charge in [0.15, 0.2) is 0 Å². The molecule has 0 saturated heterocycles. The quantitative estimate of drug-likeness (QED) is 0.795. The summed E-state index contributed by atoms with van der Waals surface area (Å²) in [5, 5.41) is 0. The van der Waals surface area contributed by atoms with Crippen molar-refractivity contribution < 1.29 is 9.53 Å². The van der Waals surface area contributed by atoms with Crippen LogP contribution in [0.15, 0.2) is 36.8 Å². The molecule has 4 nitrogen and oxygen atoms in total. The van der Waals surface area contributed by atoms with Crippen LogP contribution in [0.1, 0.15) is 47.9 Å². The molecule has 0 amide bonds. The van der Waals surface area contributed by atoms with Crippen molar-refractivity contribution in [3.8, 4) is 0 Å². The summed E-state index contributed by atoms with van der Waals surface area (Å²) < 4.78 is 6.84. The maximum absolute atomic E-state index is 12.0. The van der Waals surface area contributed by atoms with E-state index in [1.165, 1.54) is 18.2 Å². The summed E-state index contributed by atoms with van der Waals surface area (Å²) in [5.41, 5.74) is 3.19. The highest BCUT2D eigenvalue weighted by molar-refractivity contribution is 5.87. The molecule has 0 radical (unpaired) electrons. The van der Waals surface area contributed by atoms with E-state index in [1.54, 1.807) is 12.5 Å². The SMILES string of the molecule is COC(=O)c1cncn1C1c2ccccc2CCC1(C)C. The van der Waals surface area contributed by atoms with Crippen LogP contribution in [0, 0.1) is 5.41 Å². The van der Waals surface area contributed by atoms with Gasteiger partial charge < -0.3 is 9.30 Å². The number of hydrogen-bond acceptors (Lipinski definition) is 3. The predicted octanol–water partition coefficient (Wildman–Crippen LogP) is 3.23. The van der Waals surface area contributed by atoms with Crippen molar-refractivity contribution >= 4 is 5.97 Å². The lowest BCUT2D eigenvalue weighted by atomic mass is 9.70. The number of aromatic nitrogens is 2. The van der Waals surface area contributed by atoms with Crippen LogP contribution in [0.5, 0.6) is 0 Å². The molecule has 1 unspecified atom stereocenters. The molecule has 0 spiro atoms. The fraction of sp³-hybridized carbons (Fsp3) is 0.412. The molecule has 0 N–H and O–H groups in total. The van der Waals surface area contributed by atoms with E-state index in [0.717, 1.165) is 12.8 Å². The largest absolute Gasteiger partial charge is 0.464 e. The number of fused-ring (bicyclic) bond motifs is 1. The Kier molecular flexibility index (Phi) is 3.32. The van der Waals surface area contributed by atoms with Crippen LogP contribution in [0.3, 0.4) is 0 Å². The van der Waals surface area contributed by atoms with Crippen LogP contribution in [-0.2, 0) is 11.2 Å². The molecule has 1 aliphatic carbocycles. The first-order chi connectivity index (χ1) is 10.0. The number of carbonyl (C=O) groups excluding carboxylic acids is 1. The summed E-state index contributed by atoms with van der Waals surface area (Å²) in [6.45, 7) is 4.49. The van der Waals surface area contributed by atoms with Gasteiger partial charge in [-0.25, -0.2) is 9.78 Å². The third-order valence-electron chi connectivity index (χ3n) is 4.47. The van der Waals surface area contributed by atoms with Gasteiger partial charge in [-0.05, 0) is 29.4 Å². The third kappa shape index (κ3) is 2.24. The van der Waals surface area contributed by atoms with Gasteiger partial charge in [0.05, 0.1) is 25.7 Å². The van der Waals surface area contributed by atoms with Gasteiger partial charge in [0.2, 0.25) is 0 Å². The van der Waals surface area contributed by atoms with E-state index in [-0.39, 0.29) is 17.4 Å². The summed E-state index contributed by atoms with van der Waals surface area (Å²) in [5.74, 6) is -0.341. The van der Waals surface area contributed by atoms with Crippen molar-refractivity contribution in [1.29, 1.82) is 0 Å². The maximum Gasteiger partial charge on any atom is 0.356 e. The Labute approximate surface area is 124 Å². The van der Waals surface area contributed by atoms with Crippen molar-refractivity contribution in [3.05, 3.63) is 53.6 Å². The van der Waals surface area contributed by atoms with Crippen LogP contribution in [0.25, 0.3) is 0 Å². The van der Waals surface area contributed by atoms with E-state index in [0.29, 0.717) is 5.69 Å². The Balaban J connectivity index is 2.16. The molecular formula is C17H20N2O2.